The lowest BCUT2D eigenvalue weighted by molar-refractivity contribution is -0.166. The number of hydrogen-bond donors (Lipinski definition) is 0. The summed E-state index contributed by atoms with van der Waals surface area (Å²) in [6, 6.07) is 28.0. The molecule has 0 spiro atoms. The van der Waals surface area contributed by atoms with E-state index in [0.29, 0.717) is 11.4 Å². The first-order chi connectivity index (χ1) is 13.6. The smallest absolute Gasteiger partial charge is 0.185 e. The minimum absolute atomic E-state index is 0.331. The van der Waals surface area contributed by atoms with Gasteiger partial charge in [0.2, 0.25) is 0 Å². The third kappa shape index (κ3) is 3.61. The minimum atomic E-state index is -3.58. The third-order valence-corrected chi connectivity index (χ3v) is 7.43. The zero-order chi connectivity index (χ0) is 19.6. The molecule has 0 unspecified atom stereocenters. The molecule has 0 radical (unpaired) electrons. The van der Waals surface area contributed by atoms with Crippen LogP contribution in [0.5, 0.6) is 0 Å². The van der Waals surface area contributed by atoms with E-state index in [1.807, 2.05) is 78.7 Å². The SMILES string of the molecule is C[C@H]1ON(Cc2ccccc2)[C@@H](c2ccccc2)[C@@H]1S(=O)(=O)c1ccccc1. The fraction of sp³-hybridized carbons (Fsp3) is 0.217. The number of hydrogen-bond acceptors (Lipinski definition) is 4. The Labute approximate surface area is 166 Å². The first-order valence-corrected chi connectivity index (χ1v) is 10.9. The molecule has 28 heavy (non-hydrogen) atoms. The van der Waals surface area contributed by atoms with E-state index < -0.39 is 21.2 Å². The predicted octanol–water partition coefficient (Wildman–Crippen LogP) is 4.41. The topological polar surface area (TPSA) is 46.6 Å². The van der Waals surface area contributed by atoms with Crippen LogP contribution in [0.2, 0.25) is 0 Å². The van der Waals surface area contributed by atoms with Crippen molar-refractivity contribution in [2.24, 2.45) is 0 Å². The molecule has 1 aliphatic heterocycles. The summed E-state index contributed by atoms with van der Waals surface area (Å²) >= 11 is 0. The van der Waals surface area contributed by atoms with Crippen molar-refractivity contribution in [2.75, 3.05) is 0 Å². The molecule has 1 saturated heterocycles. The Kier molecular flexibility index (Phi) is 5.31. The van der Waals surface area contributed by atoms with Crippen LogP contribution in [-0.2, 0) is 21.2 Å². The van der Waals surface area contributed by atoms with Crippen LogP contribution in [-0.4, -0.2) is 24.8 Å². The van der Waals surface area contributed by atoms with Crippen molar-refractivity contribution in [1.29, 1.82) is 0 Å². The lowest BCUT2D eigenvalue weighted by atomic mass is 10.0. The maximum absolute atomic E-state index is 13.5. The molecule has 0 aromatic heterocycles. The van der Waals surface area contributed by atoms with Gasteiger partial charge in [-0.1, -0.05) is 78.9 Å². The van der Waals surface area contributed by atoms with Crippen molar-refractivity contribution >= 4 is 9.84 Å². The second kappa shape index (κ2) is 7.87. The molecule has 3 atom stereocenters. The minimum Gasteiger partial charge on any atom is -0.294 e. The number of rotatable bonds is 5. The maximum atomic E-state index is 13.5. The van der Waals surface area contributed by atoms with Crippen molar-refractivity contribution in [3.8, 4) is 0 Å². The highest BCUT2D eigenvalue weighted by Gasteiger charge is 2.49. The molecule has 3 aromatic rings. The maximum Gasteiger partial charge on any atom is 0.185 e. The van der Waals surface area contributed by atoms with E-state index >= 15 is 0 Å². The number of sulfone groups is 1. The zero-order valence-electron chi connectivity index (χ0n) is 15.7. The van der Waals surface area contributed by atoms with Crippen molar-refractivity contribution in [1.82, 2.24) is 5.06 Å². The highest BCUT2D eigenvalue weighted by molar-refractivity contribution is 7.92. The Hall–Kier alpha value is -2.47. The summed E-state index contributed by atoms with van der Waals surface area (Å²) in [5.41, 5.74) is 2.01. The number of hydroxylamine groups is 2. The van der Waals surface area contributed by atoms with E-state index in [-0.39, 0.29) is 6.04 Å². The second-order valence-electron chi connectivity index (χ2n) is 7.05. The Morgan fingerprint density at radius 1 is 0.821 bits per heavy atom. The summed E-state index contributed by atoms with van der Waals surface area (Å²) in [4.78, 5) is 6.44. The standard InChI is InChI=1S/C23H23NO3S/c1-18-23(28(25,26)21-15-9-4-10-16-21)22(20-13-7-3-8-14-20)24(27-18)17-19-11-5-2-6-12-19/h2-16,18,22-23H,17H2,1H3/t18-,22+,23-/m1/s1. The summed E-state index contributed by atoms with van der Waals surface area (Å²) in [6.07, 6.45) is -0.459. The summed E-state index contributed by atoms with van der Waals surface area (Å²) in [5.74, 6) is 0. The van der Waals surface area contributed by atoms with Crippen molar-refractivity contribution < 1.29 is 13.3 Å². The van der Waals surface area contributed by atoms with E-state index in [0.717, 1.165) is 11.1 Å². The van der Waals surface area contributed by atoms with Gasteiger partial charge in [-0.2, -0.15) is 5.06 Å². The molecule has 4 nitrogen and oxygen atoms in total. The largest absolute Gasteiger partial charge is 0.294 e. The fourth-order valence-electron chi connectivity index (χ4n) is 3.85. The molecule has 1 aliphatic rings. The normalized spacial score (nSPS) is 23.0. The summed E-state index contributed by atoms with van der Waals surface area (Å²) in [5, 5.41) is 1.13. The zero-order valence-corrected chi connectivity index (χ0v) is 16.5. The van der Waals surface area contributed by atoms with Crippen LogP contribution in [0, 0.1) is 0 Å². The molecule has 0 amide bonds. The average molecular weight is 394 g/mol. The molecule has 1 heterocycles. The van der Waals surface area contributed by atoms with Crippen molar-refractivity contribution in [2.45, 2.75) is 35.8 Å². The van der Waals surface area contributed by atoms with Gasteiger partial charge in [-0.15, -0.1) is 0 Å². The van der Waals surface area contributed by atoms with Gasteiger partial charge in [-0.3, -0.25) is 4.84 Å². The highest BCUT2D eigenvalue weighted by atomic mass is 32.2. The van der Waals surface area contributed by atoms with Gasteiger partial charge in [0.25, 0.3) is 0 Å². The summed E-state index contributed by atoms with van der Waals surface area (Å²) < 4.78 is 27.0. The summed E-state index contributed by atoms with van der Waals surface area (Å²) in [7, 11) is -3.58. The lowest BCUT2D eigenvalue weighted by Gasteiger charge is -2.26. The van der Waals surface area contributed by atoms with Crippen molar-refractivity contribution in [3.05, 3.63) is 102 Å². The molecule has 4 rings (SSSR count). The van der Waals surface area contributed by atoms with E-state index in [1.54, 1.807) is 24.3 Å². The van der Waals surface area contributed by atoms with Gasteiger partial charge in [0.1, 0.15) is 5.25 Å². The molecule has 144 valence electrons. The van der Waals surface area contributed by atoms with E-state index in [9.17, 15) is 8.42 Å². The van der Waals surface area contributed by atoms with Gasteiger partial charge in [0, 0.05) is 6.54 Å². The third-order valence-electron chi connectivity index (χ3n) is 5.14. The van der Waals surface area contributed by atoms with Gasteiger partial charge >= 0.3 is 0 Å². The molecule has 1 fully saturated rings. The fourth-order valence-corrected chi connectivity index (χ4v) is 5.89. The first kappa shape index (κ1) is 18.9. The molecule has 0 N–H and O–H groups in total. The van der Waals surface area contributed by atoms with Gasteiger partial charge in [0.15, 0.2) is 9.84 Å². The predicted molar refractivity (Wildman–Crippen MR) is 109 cm³/mol. The van der Waals surface area contributed by atoms with Crippen LogP contribution in [0.25, 0.3) is 0 Å². The Balaban J connectivity index is 1.76. The Bertz CT molecular complexity index is 1010. The molecule has 0 aliphatic carbocycles. The van der Waals surface area contributed by atoms with Crippen molar-refractivity contribution in [3.63, 3.8) is 0 Å². The molecule has 0 bridgehead atoms. The second-order valence-corrected chi connectivity index (χ2v) is 9.16. The molecule has 5 heteroatoms. The summed E-state index contributed by atoms with van der Waals surface area (Å²) in [6.45, 7) is 2.36. The van der Waals surface area contributed by atoms with Gasteiger partial charge in [0.05, 0.1) is 17.0 Å². The van der Waals surface area contributed by atoms with Crippen LogP contribution >= 0.6 is 0 Å². The van der Waals surface area contributed by atoms with Gasteiger partial charge in [-0.05, 0) is 30.2 Å². The van der Waals surface area contributed by atoms with Gasteiger partial charge < -0.3 is 0 Å². The van der Waals surface area contributed by atoms with Crippen LogP contribution < -0.4 is 0 Å². The molecular weight excluding hydrogens is 370 g/mol. The average Bonchev–Trinajstić information content (AvgIpc) is 3.06. The van der Waals surface area contributed by atoms with E-state index in [2.05, 4.69) is 0 Å². The van der Waals surface area contributed by atoms with Gasteiger partial charge in [-0.25, -0.2) is 8.42 Å². The van der Waals surface area contributed by atoms with Crippen LogP contribution in [0.3, 0.4) is 0 Å². The van der Waals surface area contributed by atoms with Crippen LogP contribution in [0.1, 0.15) is 24.1 Å². The number of benzene rings is 3. The Morgan fingerprint density at radius 2 is 1.36 bits per heavy atom. The number of nitrogens with zero attached hydrogens (tertiary/aromatic N) is 1. The Morgan fingerprint density at radius 3 is 1.96 bits per heavy atom. The molecule has 3 aromatic carbocycles. The highest BCUT2D eigenvalue weighted by Crippen LogP contribution is 2.41. The molecule has 0 saturated carbocycles. The van der Waals surface area contributed by atoms with Crippen LogP contribution in [0.15, 0.2) is 95.9 Å². The quantitative estimate of drug-likeness (QED) is 0.644. The lowest BCUT2D eigenvalue weighted by Crippen LogP contribution is -2.34. The van der Waals surface area contributed by atoms with E-state index in [1.165, 1.54) is 0 Å². The first-order valence-electron chi connectivity index (χ1n) is 9.38. The van der Waals surface area contributed by atoms with Crippen LogP contribution in [0.4, 0.5) is 0 Å². The van der Waals surface area contributed by atoms with E-state index in [4.69, 9.17) is 4.84 Å². The monoisotopic (exact) mass is 393 g/mol. The molecular formula is C23H23NO3S.